The summed E-state index contributed by atoms with van der Waals surface area (Å²) < 4.78 is 0. The molecule has 2 nitrogen and oxygen atoms in total. The first kappa shape index (κ1) is 12.9. The summed E-state index contributed by atoms with van der Waals surface area (Å²) in [4.78, 5) is 5.62. The van der Waals surface area contributed by atoms with Crippen LogP contribution in [-0.4, -0.2) is 6.10 Å². The zero-order chi connectivity index (χ0) is 13.6. The van der Waals surface area contributed by atoms with E-state index in [2.05, 4.69) is 66.2 Å². The molecule has 0 bridgehead atoms. The van der Waals surface area contributed by atoms with E-state index in [1.807, 2.05) is 6.07 Å². The zero-order valence-electron chi connectivity index (χ0n) is 11.5. The molecule has 0 spiro atoms. The van der Waals surface area contributed by atoms with Crippen molar-refractivity contribution in [3.8, 4) is 0 Å². The van der Waals surface area contributed by atoms with Crippen LogP contribution in [0.5, 0.6) is 0 Å². The number of nitrogens with one attached hydrogen (secondary N) is 1. The summed E-state index contributed by atoms with van der Waals surface area (Å²) in [6, 6.07) is 21.0. The van der Waals surface area contributed by atoms with E-state index in [1.165, 1.54) is 11.1 Å². The molecular weight excluding hydrogens is 246 g/mol. The fraction of sp³-hybridized carbons (Fsp3) is 0.222. The lowest BCUT2D eigenvalue weighted by Crippen LogP contribution is -2.13. The van der Waals surface area contributed by atoms with Crippen LogP contribution in [-0.2, 0) is 17.7 Å². The summed E-state index contributed by atoms with van der Waals surface area (Å²) in [6.07, 6.45) is 5.34. The molecule has 2 heteroatoms. The van der Waals surface area contributed by atoms with Gasteiger partial charge in [0.15, 0.2) is 0 Å². The number of hydroxylamine groups is 1. The van der Waals surface area contributed by atoms with Crippen molar-refractivity contribution in [2.45, 2.75) is 25.4 Å². The van der Waals surface area contributed by atoms with Crippen molar-refractivity contribution in [3.05, 3.63) is 83.6 Å². The molecule has 1 unspecified atom stereocenters. The van der Waals surface area contributed by atoms with Crippen LogP contribution in [0.1, 0.15) is 17.5 Å². The van der Waals surface area contributed by atoms with Gasteiger partial charge in [-0.15, -0.1) is 0 Å². The van der Waals surface area contributed by atoms with Crippen molar-refractivity contribution in [2.24, 2.45) is 0 Å². The molecule has 1 aliphatic heterocycles. The summed E-state index contributed by atoms with van der Waals surface area (Å²) in [5.74, 6) is 0. The highest BCUT2D eigenvalue weighted by Gasteiger charge is 2.16. The Balaban J connectivity index is 1.53. The molecule has 3 rings (SSSR count). The SMILES string of the molecule is C1=C(Cc2ccccc2)NOC1CCc1ccccc1. The number of rotatable bonds is 5. The molecule has 1 aliphatic rings. The largest absolute Gasteiger partial charge is 0.270 e. The maximum atomic E-state index is 5.62. The molecule has 2 aromatic rings. The Bertz CT molecular complexity index is 562. The summed E-state index contributed by atoms with van der Waals surface area (Å²) in [6.45, 7) is 0. The smallest absolute Gasteiger partial charge is 0.106 e. The summed E-state index contributed by atoms with van der Waals surface area (Å²) >= 11 is 0. The lowest BCUT2D eigenvalue weighted by Gasteiger charge is -2.07. The average molecular weight is 265 g/mol. The molecular formula is C18H19NO. The molecule has 0 aromatic heterocycles. The van der Waals surface area contributed by atoms with E-state index in [0.717, 1.165) is 25.0 Å². The van der Waals surface area contributed by atoms with Crippen LogP contribution in [0.3, 0.4) is 0 Å². The van der Waals surface area contributed by atoms with Crippen LogP contribution in [0.25, 0.3) is 0 Å². The molecule has 1 heterocycles. The first-order valence-electron chi connectivity index (χ1n) is 7.10. The van der Waals surface area contributed by atoms with Crippen LogP contribution >= 0.6 is 0 Å². The summed E-state index contributed by atoms with van der Waals surface area (Å²) in [5.41, 5.74) is 6.88. The lowest BCUT2D eigenvalue weighted by atomic mass is 10.1. The lowest BCUT2D eigenvalue weighted by molar-refractivity contribution is 0.0376. The summed E-state index contributed by atoms with van der Waals surface area (Å²) in [5, 5.41) is 0. The van der Waals surface area contributed by atoms with E-state index < -0.39 is 0 Å². The van der Waals surface area contributed by atoms with Crippen molar-refractivity contribution in [3.63, 3.8) is 0 Å². The molecule has 0 fully saturated rings. The van der Waals surface area contributed by atoms with Crippen molar-refractivity contribution < 1.29 is 4.84 Å². The number of hydrogen-bond donors (Lipinski definition) is 1. The van der Waals surface area contributed by atoms with Gasteiger partial charge in [0.25, 0.3) is 0 Å². The van der Waals surface area contributed by atoms with Crippen LogP contribution < -0.4 is 5.48 Å². The second-order valence-electron chi connectivity index (χ2n) is 5.14. The minimum Gasteiger partial charge on any atom is -0.270 e. The number of benzene rings is 2. The Morgan fingerprint density at radius 1 is 0.850 bits per heavy atom. The fourth-order valence-corrected chi connectivity index (χ4v) is 2.45. The maximum absolute atomic E-state index is 5.62. The highest BCUT2D eigenvalue weighted by atomic mass is 16.7. The minimum atomic E-state index is 0.175. The number of hydrogen-bond acceptors (Lipinski definition) is 2. The summed E-state index contributed by atoms with van der Waals surface area (Å²) in [7, 11) is 0. The van der Waals surface area contributed by atoms with Crippen LogP contribution in [0, 0.1) is 0 Å². The molecule has 1 N–H and O–H groups in total. The van der Waals surface area contributed by atoms with Crippen molar-refractivity contribution in [1.82, 2.24) is 5.48 Å². The Labute approximate surface area is 120 Å². The standard InChI is InChI=1S/C18H19NO/c1-3-7-15(8-4-1)11-12-18-14-17(19-20-18)13-16-9-5-2-6-10-16/h1-10,14,18-19H,11-13H2. The quantitative estimate of drug-likeness (QED) is 0.891. The van der Waals surface area contributed by atoms with E-state index >= 15 is 0 Å². The molecule has 1 atom stereocenters. The zero-order valence-corrected chi connectivity index (χ0v) is 11.5. The van der Waals surface area contributed by atoms with Gasteiger partial charge in [0.05, 0.1) is 0 Å². The number of allylic oxidation sites excluding steroid dienone is 1. The Kier molecular flexibility index (Phi) is 4.14. The average Bonchev–Trinajstić information content (AvgIpc) is 2.95. The first-order valence-corrected chi connectivity index (χ1v) is 7.10. The third-order valence-electron chi connectivity index (χ3n) is 3.53. The van der Waals surface area contributed by atoms with Crippen LogP contribution in [0.15, 0.2) is 72.4 Å². The van der Waals surface area contributed by atoms with Gasteiger partial charge < -0.3 is 0 Å². The second kappa shape index (κ2) is 6.40. The Morgan fingerprint density at radius 3 is 2.20 bits per heavy atom. The van der Waals surface area contributed by atoms with Gasteiger partial charge in [0.2, 0.25) is 0 Å². The van der Waals surface area contributed by atoms with Crippen LogP contribution in [0.2, 0.25) is 0 Å². The normalized spacial score (nSPS) is 17.6. The van der Waals surface area contributed by atoms with Gasteiger partial charge in [-0.1, -0.05) is 60.7 Å². The molecule has 0 saturated heterocycles. The first-order chi connectivity index (χ1) is 9.90. The highest BCUT2D eigenvalue weighted by Crippen LogP contribution is 2.16. The third kappa shape index (κ3) is 3.49. The van der Waals surface area contributed by atoms with Gasteiger partial charge in [-0.25, -0.2) is 0 Å². The maximum Gasteiger partial charge on any atom is 0.106 e. The second-order valence-corrected chi connectivity index (χ2v) is 5.14. The van der Waals surface area contributed by atoms with Gasteiger partial charge >= 0.3 is 0 Å². The topological polar surface area (TPSA) is 21.3 Å². The van der Waals surface area contributed by atoms with Gasteiger partial charge in [-0.05, 0) is 30.0 Å². The van der Waals surface area contributed by atoms with Crippen molar-refractivity contribution >= 4 is 0 Å². The third-order valence-corrected chi connectivity index (χ3v) is 3.53. The van der Waals surface area contributed by atoms with Crippen molar-refractivity contribution in [2.75, 3.05) is 0 Å². The van der Waals surface area contributed by atoms with E-state index in [-0.39, 0.29) is 6.10 Å². The number of aryl methyl sites for hydroxylation is 1. The monoisotopic (exact) mass is 265 g/mol. The minimum absolute atomic E-state index is 0.175. The highest BCUT2D eigenvalue weighted by molar-refractivity contribution is 5.22. The molecule has 2 aromatic carbocycles. The van der Waals surface area contributed by atoms with Crippen LogP contribution in [0.4, 0.5) is 0 Å². The molecule has 0 saturated carbocycles. The Hall–Kier alpha value is -2.06. The van der Waals surface area contributed by atoms with E-state index in [4.69, 9.17) is 4.84 Å². The van der Waals surface area contributed by atoms with Gasteiger partial charge in [-0.3, -0.25) is 10.3 Å². The van der Waals surface area contributed by atoms with Crippen molar-refractivity contribution in [1.29, 1.82) is 0 Å². The van der Waals surface area contributed by atoms with Gasteiger partial charge in [-0.2, -0.15) is 0 Å². The molecule has 0 aliphatic carbocycles. The van der Waals surface area contributed by atoms with Gasteiger partial charge in [0.1, 0.15) is 6.10 Å². The Morgan fingerprint density at radius 2 is 1.50 bits per heavy atom. The fourth-order valence-electron chi connectivity index (χ4n) is 2.45. The molecule has 0 radical (unpaired) electrons. The van der Waals surface area contributed by atoms with E-state index in [9.17, 15) is 0 Å². The van der Waals surface area contributed by atoms with Gasteiger partial charge in [0, 0.05) is 12.1 Å². The predicted octanol–water partition coefficient (Wildman–Crippen LogP) is 3.65. The molecule has 0 amide bonds. The predicted molar refractivity (Wildman–Crippen MR) is 81.0 cm³/mol. The van der Waals surface area contributed by atoms with E-state index in [0.29, 0.717) is 0 Å². The van der Waals surface area contributed by atoms with E-state index in [1.54, 1.807) is 0 Å². The molecule has 102 valence electrons. The molecule has 20 heavy (non-hydrogen) atoms.